The molecule has 5 heteroatoms. The molecule has 2 atom stereocenters. The maximum Gasteiger partial charge on any atom is 0.228 e. The third-order valence-corrected chi connectivity index (χ3v) is 6.96. The normalized spacial score (nSPS) is 29.2. The molecule has 1 saturated heterocycles. The molecule has 1 aromatic heterocycles. The number of pyridine rings is 1. The summed E-state index contributed by atoms with van der Waals surface area (Å²) in [5, 5.41) is 14.8. The Morgan fingerprint density at radius 1 is 1.29 bits per heavy atom. The number of ether oxygens (including phenoxy) is 1. The molecular formula is C23H25N3O2. The summed E-state index contributed by atoms with van der Waals surface area (Å²) in [5.41, 5.74) is 0.784. The molecule has 3 fully saturated rings. The van der Waals surface area contributed by atoms with Gasteiger partial charge in [-0.1, -0.05) is 12.1 Å². The van der Waals surface area contributed by atoms with Gasteiger partial charge in [0.15, 0.2) is 0 Å². The minimum Gasteiger partial charge on any atom is -0.376 e. The topological polar surface area (TPSA) is 75.0 Å². The fourth-order valence-corrected chi connectivity index (χ4v) is 5.01. The molecule has 144 valence electrons. The lowest BCUT2D eigenvalue weighted by molar-refractivity contribution is -0.130. The van der Waals surface area contributed by atoms with Crippen LogP contribution in [0.4, 0.5) is 5.82 Å². The highest BCUT2D eigenvalue weighted by Gasteiger charge is 2.75. The third-order valence-electron chi connectivity index (χ3n) is 6.96. The lowest BCUT2D eigenvalue weighted by Gasteiger charge is -2.34. The molecule has 1 spiro atoms. The molecule has 1 N–H and O–H groups in total. The Bertz CT molecular complexity index is 1020. The van der Waals surface area contributed by atoms with E-state index in [2.05, 4.69) is 28.5 Å². The number of nitrogens with one attached hydrogen (secondary N) is 1. The van der Waals surface area contributed by atoms with Crippen LogP contribution in [0.1, 0.15) is 51.5 Å². The number of carbonyl (C=O) groups excluding carboxylic acids is 1. The maximum atomic E-state index is 12.7. The van der Waals surface area contributed by atoms with Crippen molar-refractivity contribution in [2.45, 2.75) is 57.0 Å². The van der Waals surface area contributed by atoms with Gasteiger partial charge in [-0.3, -0.25) is 4.79 Å². The summed E-state index contributed by atoms with van der Waals surface area (Å²) in [6.07, 6.45) is 6.55. The lowest BCUT2D eigenvalue weighted by Crippen LogP contribution is -2.39. The molecule has 2 heterocycles. The molecule has 28 heavy (non-hydrogen) atoms. The monoisotopic (exact) mass is 375 g/mol. The molecule has 2 aliphatic carbocycles. The van der Waals surface area contributed by atoms with Gasteiger partial charge < -0.3 is 10.1 Å². The SMILES string of the molecule is CC1(C)CC(C(=O)Nc2cc3cc(C4(C#N)CC45CC5)ccc3cn2)CCO1. The molecule has 1 aromatic carbocycles. The standard InChI is InChI=1S/C23H25N3O2/c1-21(2)11-15(5-8-28-21)20(27)26-19-10-17-9-18(4-3-16(17)12-25-19)23(14-24)13-22(23)6-7-22/h3-4,9-10,12,15H,5-8,11,13H2,1-2H3,(H,25,26,27). The van der Waals surface area contributed by atoms with E-state index >= 15 is 0 Å². The highest BCUT2D eigenvalue weighted by Crippen LogP contribution is 2.78. The number of aromatic nitrogens is 1. The van der Waals surface area contributed by atoms with Crippen LogP contribution in [0.15, 0.2) is 30.5 Å². The first-order valence-corrected chi connectivity index (χ1v) is 10.1. The van der Waals surface area contributed by atoms with Crippen molar-refractivity contribution in [3.05, 3.63) is 36.0 Å². The van der Waals surface area contributed by atoms with Crippen molar-refractivity contribution >= 4 is 22.5 Å². The van der Waals surface area contributed by atoms with Crippen molar-refractivity contribution in [1.82, 2.24) is 4.98 Å². The number of hydrogen-bond acceptors (Lipinski definition) is 4. The number of fused-ring (bicyclic) bond motifs is 1. The van der Waals surface area contributed by atoms with Crippen LogP contribution in [-0.4, -0.2) is 23.1 Å². The van der Waals surface area contributed by atoms with Crippen LogP contribution >= 0.6 is 0 Å². The maximum absolute atomic E-state index is 12.7. The zero-order chi connectivity index (χ0) is 19.6. The summed E-state index contributed by atoms with van der Waals surface area (Å²) in [6, 6.07) is 10.7. The van der Waals surface area contributed by atoms with Crippen molar-refractivity contribution in [1.29, 1.82) is 5.26 Å². The van der Waals surface area contributed by atoms with Crippen LogP contribution in [0.3, 0.4) is 0 Å². The van der Waals surface area contributed by atoms with E-state index in [1.807, 2.05) is 26.0 Å². The van der Waals surface area contributed by atoms with Crippen LogP contribution in [0.2, 0.25) is 0 Å². The minimum absolute atomic E-state index is 0.00648. The fourth-order valence-electron chi connectivity index (χ4n) is 5.01. The van der Waals surface area contributed by atoms with Crippen LogP contribution in [-0.2, 0) is 14.9 Å². The number of rotatable bonds is 3. The average Bonchev–Trinajstić information content (AvgIpc) is 3.58. The van der Waals surface area contributed by atoms with Gasteiger partial charge >= 0.3 is 0 Å². The van der Waals surface area contributed by atoms with Crippen molar-refractivity contribution in [3.8, 4) is 6.07 Å². The van der Waals surface area contributed by atoms with Crippen molar-refractivity contribution < 1.29 is 9.53 Å². The molecule has 0 radical (unpaired) electrons. The van der Waals surface area contributed by atoms with E-state index in [0.29, 0.717) is 18.8 Å². The summed E-state index contributed by atoms with van der Waals surface area (Å²) in [7, 11) is 0. The Labute approximate surface area is 165 Å². The van der Waals surface area contributed by atoms with Crippen LogP contribution in [0.25, 0.3) is 10.8 Å². The van der Waals surface area contributed by atoms with Crippen LogP contribution in [0, 0.1) is 22.7 Å². The second kappa shape index (κ2) is 5.78. The highest BCUT2D eigenvalue weighted by atomic mass is 16.5. The quantitative estimate of drug-likeness (QED) is 0.867. The number of nitriles is 1. The summed E-state index contributed by atoms with van der Waals surface area (Å²) >= 11 is 0. The lowest BCUT2D eigenvalue weighted by atomic mass is 9.88. The average molecular weight is 375 g/mol. The van der Waals surface area contributed by atoms with E-state index in [-0.39, 0.29) is 28.3 Å². The Morgan fingerprint density at radius 3 is 2.79 bits per heavy atom. The molecule has 3 aliphatic rings. The van der Waals surface area contributed by atoms with E-state index < -0.39 is 0 Å². The zero-order valence-corrected chi connectivity index (χ0v) is 16.4. The van der Waals surface area contributed by atoms with Gasteiger partial charge in [-0.25, -0.2) is 4.98 Å². The van der Waals surface area contributed by atoms with Gasteiger partial charge in [0.25, 0.3) is 0 Å². The second-order valence-electron chi connectivity index (χ2n) is 9.39. The predicted octanol–water partition coefficient (Wildman–Crippen LogP) is 4.32. The van der Waals surface area contributed by atoms with Crippen molar-refractivity contribution in [2.24, 2.45) is 11.3 Å². The summed E-state index contributed by atoms with van der Waals surface area (Å²) in [6.45, 7) is 4.66. The summed E-state index contributed by atoms with van der Waals surface area (Å²) < 4.78 is 5.72. The number of hydrogen-bond donors (Lipinski definition) is 1. The van der Waals surface area contributed by atoms with Gasteiger partial charge in [0, 0.05) is 24.1 Å². The predicted molar refractivity (Wildman–Crippen MR) is 107 cm³/mol. The molecule has 1 aliphatic heterocycles. The van der Waals surface area contributed by atoms with Gasteiger partial charge in [-0.2, -0.15) is 5.26 Å². The summed E-state index contributed by atoms with van der Waals surface area (Å²) in [5.74, 6) is 0.518. The van der Waals surface area contributed by atoms with Crippen molar-refractivity contribution in [2.75, 3.05) is 11.9 Å². The molecule has 5 nitrogen and oxygen atoms in total. The summed E-state index contributed by atoms with van der Waals surface area (Å²) in [4.78, 5) is 17.1. The second-order valence-corrected chi connectivity index (χ2v) is 9.39. The fraction of sp³-hybridized carbons (Fsp3) is 0.522. The minimum atomic E-state index is -0.304. The Morgan fingerprint density at radius 2 is 2.11 bits per heavy atom. The zero-order valence-electron chi connectivity index (χ0n) is 16.4. The molecular weight excluding hydrogens is 350 g/mol. The van der Waals surface area contributed by atoms with Crippen LogP contribution < -0.4 is 5.32 Å². The Kier molecular flexibility index (Phi) is 3.64. The molecule has 2 aromatic rings. The number of benzene rings is 1. The van der Waals surface area contributed by atoms with Gasteiger partial charge in [0.1, 0.15) is 5.82 Å². The molecule has 5 rings (SSSR count). The van der Waals surface area contributed by atoms with E-state index in [1.54, 1.807) is 6.20 Å². The van der Waals surface area contributed by atoms with Gasteiger partial charge in [-0.05, 0) is 74.4 Å². The smallest absolute Gasteiger partial charge is 0.228 e. The number of carbonyl (C=O) groups is 1. The highest BCUT2D eigenvalue weighted by molar-refractivity contribution is 5.94. The van der Waals surface area contributed by atoms with Gasteiger partial charge in [0.05, 0.1) is 17.1 Å². The molecule has 2 unspecified atom stereocenters. The van der Waals surface area contributed by atoms with E-state index in [0.717, 1.165) is 42.0 Å². The molecule has 0 bridgehead atoms. The Balaban J connectivity index is 1.39. The van der Waals surface area contributed by atoms with Crippen molar-refractivity contribution in [3.63, 3.8) is 0 Å². The first-order chi connectivity index (χ1) is 13.4. The van der Waals surface area contributed by atoms with Gasteiger partial charge in [0.2, 0.25) is 5.91 Å². The molecule has 2 saturated carbocycles. The first kappa shape index (κ1) is 17.6. The van der Waals surface area contributed by atoms with E-state index in [1.165, 1.54) is 0 Å². The van der Waals surface area contributed by atoms with Crippen LogP contribution in [0.5, 0.6) is 0 Å². The number of nitrogens with zero attached hydrogens (tertiary/aromatic N) is 2. The largest absolute Gasteiger partial charge is 0.376 e. The van der Waals surface area contributed by atoms with Gasteiger partial charge in [-0.15, -0.1) is 0 Å². The first-order valence-electron chi connectivity index (χ1n) is 10.1. The van der Waals surface area contributed by atoms with E-state index in [4.69, 9.17) is 4.74 Å². The molecule has 1 amide bonds. The van der Waals surface area contributed by atoms with E-state index in [9.17, 15) is 10.1 Å². The number of amides is 1. The third kappa shape index (κ3) is 2.70. The number of anilines is 1. The Hall–Kier alpha value is -2.45.